The van der Waals surface area contributed by atoms with Gasteiger partial charge in [-0.2, -0.15) is 0 Å². The van der Waals surface area contributed by atoms with Gasteiger partial charge in [0.25, 0.3) is 0 Å². The molecule has 16 saturated carbocycles. The number of benzene rings is 6. The molecular weight excluding hydrogens is 1060 g/mol. The summed E-state index contributed by atoms with van der Waals surface area (Å²) < 4.78 is 15.6. The molecule has 450 valence electrons. The van der Waals surface area contributed by atoms with Gasteiger partial charge < -0.3 is 31.2 Å². The van der Waals surface area contributed by atoms with Crippen molar-refractivity contribution < 1.29 is 19.7 Å². The van der Waals surface area contributed by atoms with Gasteiger partial charge in [-0.25, -0.2) is 0 Å². The fraction of sp³-hybridized carbons (Fsp3) is 0.556. The van der Waals surface area contributed by atoms with E-state index in [0.29, 0.717) is 44.9 Å². The molecule has 17 aliphatic carbocycles. The Kier molecular flexibility index (Phi) is 10.6. The molecule has 17 aliphatic rings. The highest BCUT2D eigenvalue weighted by Crippen LogP contribution is 2.74. The average Bonchev–Trinajstić information content (AvgIpc) is 1.67. The van der Waals surface area contributed by atoms with Crippen molar-refractivity contribution in [3.63, 3.8) is 0 Å². The molecule has 0 saturated heterocycles. The highest BCUT2D eigenvalue weighted by atomic mass is 16.5. The van der Waals surface area contributed by atoms with E-state index in [1.807, 2.05) is 12.1 Å². The summed E-state index contributed by atoms with van der Waals surface area (Å²) in [5.41, 5.74) is 28.0. The van der Waals surface area contributed by atoms with Crippen LogP contribution in [0.3, 0.4) is 0 Å². The predicted molar refractivity (Wildman–Crippen MR) is 347 cm³/mol. The number of hydrogen-bond donors (Lipinski definition) is 4. The number of phenols is 2. The van der Waals surface area contributed by atoms with Crippen LogP contribution in [0.2, 0.25) is 0 Å². The number of hydrogen-bond acceptors (Lipinski definition) is 6. The third-order valence-electron chi connectivity index (χ3n) is 28.1. The molecule has 6 aromatic carbocycles. The Balaban J connectivity index is 0.817. The van der Waals surface area contributed by atoms with E-state index in [1.54, 1.807) is 0 Å². The summed E-state index contributed by atoms with van der Waals surface area (Å²) in [6, 6.07) is 41.9. The molecule has 16 fully saturated rings. The lowest BCUT2D eigenvalue weighted by molar-refractivity contribution is -0.110. The van der Waals surface area contributed by atoms with E-state index in [2.05, 4.69) is 125 Å². The zero-order chi connectivity index (χ0) is 58.6. The van der Waals surface area contributed by atoms with Gasteiger partial charge in [-0.05, 0) is 304 Å². The molecule has 0 radical (unpaired) electrons. The molecule has 4 atom stereocenters. The van der Waals surface area contributed by atoms with E-state index >= 15 is 0 Å². The smallest absolute Gasteiger partial charge is 0.142 e. The fourth-order valence-corrected chi connectivity index (χ4v) is 28.3. The molecule has 0 spiro atoms. The highest BCUT2D eigenvalue weighted by Gasteiger charge is 2.64. The van der Waals surface area contributed by atoms with Crippen LogP contribution < -0.4 is 20.9 Å². The lowest BCUT2D eigenvalue weighted by Gasteiger charge is -2.65. The van der Waals surface area contributed by atoms with Crippen molar-refractivity contribution in [2.24, 2.45) is 69.0 Å². The number of nitrogen functional groups attached to an aromatic ring is 2. The molecule has 0 aliphatic heterocycles. The number of fused-ring (bicyclic) bond motifs is 3. The van der Waals surface area contributed by atoms with Crippen molar-refractivity contribution in [1.29, 1.82) is 0 Å². The molecule has 6 heteroatoms. The zero-order valence-corrected chi connectivity index (χ0v) is 52.3. The maximum atomic E-state index is 11.7. The lowest BCUT2D eigenvalue weighted by Crippen LogP contribution is -2.56. The maximum absolute atomic E-state index is 11.7. The Morgan fingerprint density at radius 3 is 1.00 bits per heavy atom. The summed E-state index contributed by atoms with van der Waals surface area (Å²) in [4.78, 5) is 0. The molecule has 0 amide bonds. The maximum Gasteiger partial charge on any atom is 0.142 e. The molecule has 87 heavy (non-hydrogen) atoms. The van der Waals surface area contributed by atoms with Gasteiger partial charge in [0.05, 0.1) is 16.8 Å². The summed E-state index contributed by atoms with van der Waals surface area (Å²) in [6.45, 7) is 10.2. The summed E-state index contributed by atoms with van der Waals surface area (Å²) >= 11 is 0. The summed E-state index contributed by atoms with van der Waals surface area (Å²) in [6.07, 6.45) is 30.1. The van der Waals surface area contributed by atoms with Gasteiger partial charge in [0, 0.05) is 45.2 Å². The van der Waals surface area contributed by atoms with Crippen LogP contribution in [-0.4, -0.2) is 10.2 Å². The standard InChI is InChI=1S/C81H92N2O4/c1-73-29-53-30-74(2,41-73)44-79(39-53,43-73)63-25-65(82)67(84)27-71(63)86-69-15-13-55(23-61(69)77-33-47-17-48(34-77)19-49(18-47)35-77)81(59-11-7-5-9-57(59)58-10-6-8-12-60(58)81)56-14-16-70(62(24-56)78-36-50-20-51(37-78)22-52(21-50)38-78)87-72-28-68(85)66(83)26-64(72)80-40-54-31-75(3,45-80)42-76(4,32-54)46-80/h5-16,23-28,47-54,84-85H,17-22,29-46,82-83H2,1-4H3. The Morgan fingerprint density at radius 2 is 0.655 bits per heavy atom. The minimum atomic E-state index is -0.665. The summed E-state index contributed by atoms with van der Waals surface area (Å²) in [7, 11) is 0. The Labute approximate surface area is 517 Å². The third-order valence-corrected chi connectivity index (χ3v) is 28.1. The summed E-state index contributed by atoms with van der Waals surface area (Å²) in [5, 5.41) is 23.5. The van der Waals surface area contributed by atoms with Crippen LogP contribution in [0.5, 0.6) is 34.5 Å². The number of phenolic OH excluding ortho intramolecular Hbond substituents is 2. The zero-order valence-electron chi connectivity index (χ0n) is 52.3. The van der Waals surface area contributed by atoms with Crippen molar-refractivity contribution in [3.05, 3.63) is 154 Å². The van der Waals surface area contributed by atoms with Gasteiger partial charge >= 0.3 is 0 Å². The van der Waals surface area contributed by atoms with E-state index in [-0.39, 0.29) is 33.2 Å². The van der Waals surface area contributed by atoms with Crippen molar-refractivity contribution in [2.75, 3.05) is 11.5 Å². The van der Waals surface area contributed by atoms with Gasteiger partial charge in [0.15, 0.2) is 0 Å². The molecule has 6 aromatic rings. The molecule has 16 bridgehead atoms. The topological polar surface area (TPSA) is 111 Å². The van der Waals surface area contributed by atoms with Crippen LogP contribution in [0, 0.1) is 69.0 Å². The van der Waals surface area contributed by atoms with Crippen molar-refractivity contribution >= 4 is 11.4 Å². The Morgan fingerprint density at radius 1 is 0.333 bits per heavy atom. The second kappa shape index (κ2) is 17.3. The van der Waals surface area contributed by atoms with E-state index in [4.69, 9.17) is 20.9 Å². The average molecular weight is 1160 g/mol. The van der Waals surface area contributed by atoms with Gasteiger partial charge in [-0.1, -0.05) is 88.4 Å². The molecular formula is C81H92N2O4. The SMILES string of the molecule is CC12CC3CC(C)(C1)CC(c1cc(N)c(O)cc1Oc1ccc(C4(c5ccc(Oc6cc(O)c(N)cc6C67CC8CC(C)(CC(C)(C8)C6)C7)c(C67CC8CC(CC(C8)C6)C7)c5)c5ccccc5-c5ccccc54)cc1C14CC5CC(CC(C5)C1)C4)(C3)C2. The van der Waals surface area contributed by atoms with E-state index in [9.17, 15) is 10.2 Å². The number of ether oxygens (including phenoxy) is 2. The van der Waals surface area contributed by atoms with Crippen LogP contribution >= 0.6 is 0 Å². The molecule has 4 unspecified atom stereocenters. The third kappa shape index (κ3) is 7.57. The fourth-order valence-electron chi connectivity index (χ4n) is 28.3. The largest absolute Gasteiger partial charge is 0.506 e. The second-order valence-electron chi connectivity index (χ2n) is 35.5. The van der Waals surface area contributed by atoms with Crippen LogP contribution in [-0.2, 0) is 27.1 Å². The predicted octanol–water partition coefficient (Wildman–Crippen LogP) is 19.6. The van der Waals surface area contributed by atoms with Crippen molar-refractivity contribution in [3.8, 4) is 45.6 Å². The van der Waals surface area contributed by atoms with Gasteiger partial charge in [0.1, 0.15) is 34.5 Å². The molecule has 0 aromatic heterocycles. The Bertz CT molecular complexity index is 3580. The van der Waals surface area contributed by atoms with Gasteiger partial charge in [0.2, 0.25) is 0 Å². The van der Waals surface area contributed by atoms with E-state index < -0.39 is 5.41 Å². The first-order chi connectivity index (χ1) is 41.7. The number of nitrogens with two attached hydrogens (primary N) is 2. The van der Waals surface area contributed by atoms with Crippen molar-refractivity contribution in [1.82, 2.24) is 0 Å². The lowest BCUT2D eigenvalue weighted by atomic mass is 9.39. The van der Waals surface area contributed by atoms with Crippen molar-refractivity contribution in [2.45, 2.75) is 209 Å². The summed E-state index contributed by atoms with van der Waals surface area (Å²) in [5.74, 6) is 9.54. The molecule has 6 nitrogen and oxygen atoms in total. The first kappa shape index (κ1) is 53.0. The minimum Gasteiger partial charge on any atom is -0.506 e. The number of anilines is 2. The van der Waals surface area contributed by atoms with E-state index in [0.717, 1.165) is 84.2 Å². The first-order valence-corrected chi connectivity index (χ1v) is 34.8. The highest BCUT2D eigenvalue weighted by molar-refractivity contribution is 5.86. The van der Waals surface area contributed by atoms with Crippen LogP contribution in [0.1, 0.15) is 226 Å². The Hall–Kier alpha value is -5.88. The van der Waals surface area contributed by atoms with E-state index in [1.165, 1.54) is 184 Å². The van der Waals surface area contributed by atoms with Crippen LogP contribution in [0.4, 0.5) is 11.4 Å². The second-order valence-corrected chi connectivity index (χ2v) is 35.5. The number of aromatic hydroxyl groups is 2. The first-order valence-electron chi connectivity index (χ1n) is 34.8. The molecule has 6 N–H and O–H groups in total. The van der Waals surface area contributed by atoms with Gasteiger partial charge in [-0.15, -0.1) is 0 Å². The molecule has 23 rings (SSSR count). The van der Waals surface area contributed by atoms with Crippen LogP contribution in [0.25, 0.3) is 11.1 Å². The normalized spacial score (nSPS) is 41.1. The quantitative estimate of drug-likeness (QED) is 0.0802. The van der Waals surface area contributed by atoms with Crippen LogP contribution in [0.15, 0.2) is 109 Å². The van der Waals surface area contributed by atoms with Gasteiger partial charge in [-0.3, -0.25) is 0 Å². The minimum absolute atomic E-state index is 0.0213. The monoisotopic (exact) mass is 1160 g/mol. The molecule has 0 heterocycles. The number of rotatable bonds is 10.